The molecule has 0 aliphatic carbocycles. The van der Waals surface area contributed by atoms with E-state index >= 15 is 0 Å². The number of nitrogens with one attached hydrogen (secondary N) is 1. The quantitative estimate of drug-likeness (QED) is 0.154. The Morgan fingerprint density at radius 1 is 0.766 bits per heavy atom. The molecule has 1 aliphatic heterocycles. The molecule has 0 amide bonds. The lowest BCUT2D eigenvalue weighted by Gasteiger charge is -2.17. The molecule has 1 aliphatic rings. The Hall–Kier alpha value is -4.36. The number of hydrogen-bond donors (Lipinski definition) is 1. The fourth-order valence-electron chi connectivity index (χ4n) is 5.63. The molecule has 0 unspecified atom stereocenters. The van der Waals surface area contributed by atoms with Crippen molar-refractivity contribution < 1.29 is 32.1 Å². The van der Waals surface area contributed by atoms with Crippen molar-refractivity contribution in [1.82, 2.24) is 14.0 Å². The van der Waals surface area contributed by atoms with Crippen molar-refractivity contribution in [2.75, 3.05) is 51.8 Å². The number of aryl methyl sites for hydroxylation is 2. The summed E-state index contributed by atoms with van der Waals surface area (Å²) >= 11 is 0. The lowest BCUT2D eigenvalue weighted by Crippen LogP contribution is -2.20. The Morgan fingerprint density at radius 2 is 1.40 bits per heavy atom. The predicted molar refractivity (Wildman–Crippen MR) is 181 cm³/mol. The molecule has 254 valence electrons. The molecule has 0 saturated carbocycles. The number of likely N-dealkylation sites (tertiary alicyclic amines) is 1. The van der Waals surface area contributed by atoms with E-state index in [9.17, 15) is 13.2 Å². The third kappa shape index (κ3) is 7.96. The SMILES string of the molecule is CCCOc1cc(OCCCCN2CCCC2)cc(Oc2cc3c(cc2NS(=O)(=O)c2ccc(OC)c(OC)c2)n(C)c(=O)n3C)c1. The highest BCUT2D eigenvalue weighted by atomic mass is 32.2. The summed E-state index contributed by atoms with van der Waals surface area (Å²) in [6.45, 7) is 6.49. The summed E-state index contributed by atoms with van der Waals surface area (Å²) in [6.07, 6.45) is 5.33. The van der Waals surface area contributed by atoms with Crippen LogP contribution in [0.25, 0.3) is 11.0 Å². The van der Waals surface area contributed by atoms with Crippen LogP contribution in [0.15, 0.2) is 58.2 Å². The number of methoxy groups -OCH3 is 2. The maximum atomic E-state index is 13.7. The minimum atomic E-state index is -4.14. The van der Waals surface area contributed by atoms with Crippen LogP contribution in [0.4, 0.5) is 5.69 Å². The number of ether oxygens (including phenoxy) is 5. The molecule has 1 saturated heterocycles. The predicted octanol–water partition coefficient (Wildman–Crippen LogP) is 5.53. The van der Waals surface area contributed by atoms with E-state index in [0.717, 1.165) is 25.8 Å². The van der Waals surface area contributed by atoms with Crippen molar-refractivity contribution in [2.45, 2.75) is 43.9 Å². The molecule has 0 atom stereocenters. The summed E-state index contributed by atoms with van der Waals surface area (Å²) < 4.78 is 61.9. The molecule has 13 heteroatoms. The van der Waals surface area contributed by atoms with E-state index in [2.05, 4.69) is 9.62 Å². The van der Waals surface area contributed by atoms with Crippen molar-refractivity contribution >= 4 is 26.7 Å². The summed E-state index contributed by atoms with van der Waals surface area (Å²) in [5, 5.41) is 0. The van der Waals surface area contributed by atoms with E-state index < -0.39 is 10.0 Å². The van der Waals surface area contributed by atoms with Gasteiger partial charge in [0.15, 0.2) is 17.2 Å². The Morgan fingerprint density at radius 3 is 2.06 bits per heavy atom. The van der Waals surface area contributed by atoms with Gasteiger partial charge in [0.05, 0.1) is 49.0 Å². The van der Waals surface area contributed by atoms with Crippen molar-refractivity contribution in [1.29, 1.82) is 0 Å². The number of anilines is 1. The zero-order valence-corrected chi connectivity index (χ0v) is 28.5. The number of hydrogen-bond acceptors (Lipinski definition) is 9. The van der Waals surface area contributed by atoms with Crippen LogP contribution in [0.3, 0.4) is 0 Å². The molecular formula is C34H44N4O8S. The third-order valence-electron chi connectivity index (χ3n) is 8.17. The number of sulfonamides is 1. The number of rotatable bonds is 16. The van der Waals surface area contributed by atoms with Crippen molar-refractivity contribution in [3.63, 3.8) is 0 Å². The first-order valence-corrected chi connectivity index (χ1v) is 17.4. The summed E-state index contributed by atoms with van der Waals surface area (Å²) in [4.78, 5) is 15.2. The van der Waals surface area contributed by atoms with E-state index in [-0.39, 0.29) is 27.8 Å². The van der Waals surface area contributed by atoms with Gasteiger partial charge in [-0.3, -0.25) is 13.9 Å². The Labute approximate surface area is 275 Å². The van der Waals surface area contributed by atoms with Gasteiger partial charge in [0.1, 0.15) is 17.2 Å². The molecule has 4 aromatic rings. The van der Waals surface area contributed by atoms with Gasteiger partial charge >= 0.3 is 5.69 Å². The number of benzene rings is 3. The largest absolute Gasteiger partial charge is 0.493 e. The van der Waals surface area contributed by atoms with Gasteiger partial charge < -0.3 is 28.6 Å². The van der Waals surface area contributed by atoms with Crippen LogP contribution < -0.4 is 34.1 Å². The van der Waals surface area contributed by atoms with Gasteiger partial charge in [-0.2, -0.15) is 0 Å². The highest BCUT2D eigenvalue weighted by Gasteiger charge is 2.22. The van der Waals surface area contributed by atoms with Crippen LogP contribution in [0, 0.1) is 0 Å². The van der Waals surface area contributed by atoms with E-state index in [4.69, 9.17) is 23.7 Å². The molecule has 5 rings (SSSR count). The normalized spacial score (nSPS) is 13.6. The van der Waals surface area contributed by atoms with Crippen molar-refractivity contribution in [3.8, 4) is 34.5 Å². The molecule has 2 heterocycles. The number of aromatic nitrogens is 2. The highest BCUT2D eigenvalue weighted by molar-refractivity contribution is 7.92. The third-order valence-corrected chi connectivity index (χ3v) is 9.54. The fourth-order valence-corrected chi connectivity index (χ4v) is 6.71. The van der Waals surface area contributed by atoms with Crippen LogP contribution in [0.2, 0.25) is 0 Å². The van der Waals surface area contributed by atoms with Gasteiger partial charge in [0, 0.05) is 44.4 Å². The molecular weight excluding hydrogens is 624 g/mol. The van der Waals surface area contributed by atoms with Crippen LogP contribution in [-0.2, 0) is 24.1 Å². The lowest BCUT2D eigenvalue weighted by atomic mass is 10.2. The minimum Gasteiger partial charge on any atom is -0.493 e. The van der Waals surface area contributed by atoms with Crippen LogP contribution in [0.1, 0.15) is 39.0 Å². The standard InChI is InChI=1S/C34H44N4O8S/c1-6-16-44-24-18-25(45-17-10-9-15-38-13-7-8-14-38)20-26(19-24)46-32-23-30-29(36(2)34(39)37(30)3)22-28(32)35-47(40,41)27-11-12-31(42-4)33(21-27)43-5/h11-12,18-23,35H,6-10,13-17H2,1-5H3. The van der Waals surface area contributed by atoms with Gasteiger partial charge in [0.25, 0.3) is 10.0 Å². The minimum absolute atomic E-state index is 0.0430. The maximum absolute atomic E-state index is 13.7. The van der Waals surface area contributed by atoms with Gasteiger partial charge in [-0.25, -0.2) is 13.2 Å². The monoisotopic (exact) mass is 668 g/mol. The lowest BCUT2D eigenvalue weighted by molar-refractivity contribution is 0.275. The molecule has 0 radical (unpaired) electrons. The van der Waals surface area contributed by atoms with Crippen molar-refractivity contribution in [2.24, 2.45) is 14.1 Å². The molecule has 3 aromatic carbocycles. The number of unbranched alkanes of at least 4 members (excludes halogenated alkanes) is 1. The molecule has 1 aromatic heterocycles. The van der Waals surface area contributed by atoms with Crippen LogP contribution in [0.5, 0.6) is 34.5 Å². The van der Waals surface area contributed by atoms with Crippen LogP contribution in [-0.4, -0.2) is 69.5 Å². The number of imidazole rings is 1. The Balaban J connectivity index is 1.46. The van der Waals surface area contributed by atoms with Crippen LogP contribution >= 0.6 is 0 Å². The maximum Gasteiger partial charge on any atom is 0.328 e. The molecule has 47 heavy (non-hydrogen) atoms. The van der Waals surface area contributed by atoms with E-state index in [1.165, 1.54) is 67.5 Å². The van der Waals surface area contributed by atoms with Gasteiger partial charge in [-0.1, -0.05) is 6.92 Å². The highest BCUT2D eigenvalue weighted by Crippen LogP contribution is 2.38. The Kier molecular flexibility index (Phi) is 10.9. The summed E-state index contributed by atoms with van der Waals surface area (Å²) in [7, 11) is 2.05. The van der Waals surface area contributed by atoms with Crippen molar-refractivity contribution in [3.05, 3.63) is 59.0 Å². The molecule has 12 nitrogen and oxygen atoms in total. The second-order valence-corrected chi connectivity index (χ2v) is 13.2. The van der Waals surface area contributed by atoms with E-state index in [1.54, 1.807) is 38.4 Å². The number of fused-ring (bicyclic) bond motifs is 1. The second-order valence-electron chi connectivity index (χ2n) is 11.6. The van der Waals surface area contributed by atoms with E-state index in [0.29, 0.717) is 47.2 Å². The molecule has 0 spiro atoms. The average Bonchev–Trinajstić information content (AvgIpc) is 3.66. The second kappa shape index (κ2) is 15.0. The van der Waals surface area contributed by atoms with E-state index in [1.807, 2.05) is 13.0 Å². The Bertz CT molecular complexity index is 1860. The smallest absolute Gasteiger partial charge is 0.328 e. The molecule has 1 fully saturated rings. The van der Waals surface area contributed by atoms with Gasteiger partial charge in [-0.05, 0) is 69.9 Å². The topological polar surface area (TPSA) is 122 Å². The first-order valence-electron chi connectivity index (χ1n) is 15.9. The summed E-state index contributed by atoms with van der Waals surface area (Å²) in [6, 6.07) is 12.8. The van der Waals surface area contributed by atoms with Gasteiger partial charge in [-0.15, -0.1) is 0 Å². The summed E-state index contributed by atoms with van der Waals surface area (Å²) in [5.74, 6) is 2.38. The molecule has 1 N–H and O–H groups in total. The zero-order chi connectivity index (χ0) is 33.6. The fraction of sp³-hybridized carbons (Fsp3) is 0.441. The first-order chi connectivity index (χ1) is 22.6. The van der Waals surface area contributed by atoms with Gasteiger partial charge in [0.2, 0.25) is 0 Å². The molecule has 0 bridgehead atoms. The summed E-state index contributed by atoms with van der Waals surface area (Å²) in [5.41, 5.74) is 0.959. The zero-order valence-electron chi connectivity index (χ0n) is 27.7. The first kappa shape index (κ1) is 34.0. The number of nitrogens with zero attached hydrogens (tertiary/aromatic N) is 3. The average molecular weight is 669 g/mol.